The van der Waals surface area contributed by atoms with Crippen LogP contribution in [0.25, 0.3) is 10.9 Å². The van der Waals surface area contributed by atoms with Crippen molar-refractivity contribution >= 4 is 22.5 Å². The summed E-state index contributed by atoms with van der Waals surface area (Å²) < 4.78 is 5.72. The predicted octanol–water partition coefficient (Wildman–Crippen LogP) is 5.78. The van der Waals surface area contributed by atoms with Crippen molar-refractivity contribution < 1.29 is 9.53 Å². The van der Waals surface area contributed by atoms with E-state index in [1.807, 2.05) is 31.2 Å². The Morgan fingerprint density at radius 3 is 2.69 bits per heavy atom. The SMILES string of the molecule is CCOc1ccc(NC(=O)C2(c3cccc(C)c3)CCCCC2)c2cccnc12. The lowest BCUT2D eigenvalue weighted by molar-refractivity contribution is -0.122. The average molecular weight is 389 g/mol. The second-order valence-corrected chi connectivity index (χ2v) is 7.91. The van der Waals surface area contributed by atoms with Gasteiger partial charge in [-0.1, -0.05) is 49.1 Å². The van der Waals surface area contributed by atoms with Crippen LogP contribution in [0.5, 0.6) is 5.75 Å². The highest BCUT2D eigenvalue weighted by molar-refractivity contribution is 6.06. The lowest BCUT2D eigenvalue weighted by Crippen LogP contribution is -2.42. The number of aryl methyl sites for hydroxylation is 1. The number of pyridine rings is 1. The number of hydrogen-bond donors (Lipinski definition) is 1. The highest BCUT2D eigenvalue weighted by Crippen LogP contribution is 2.41. The minimum absolute atomic E-state index is 0.0807. The van der Waals surface area contributed by atoms with Crippen molar-refractivity contribution in [2.24, 2.45) is 0 Å². The second kappa shape index (κ2) is 8.24. The molecule has 0 radical (unpaired) electrons. The van der Waals surface area contributed by atoms with Gasteiger partial charge in [0.1, 0.15) is 11.3 Å². The molecule has 1 N–H and O–H groups in total. The van der Waals surface area contributed by atoms with Crippen molar-refractivity contribution in [3.63, 3.8) is 0 Å². The van der Waals surface area contributed by atoms with Crippen LogP contribution in [0.3, 0.4) is 0 Å². The molecule has 1 heterocycles. The van der Waals surface area contributed by atoms with Crippen LogP contribution in [0.1, 0.15) is 50.2 Å². The molecule has 2 aromatic carbocycles. The molecule has 0 bridgehead atoms. The zero-order valence-electron chi connectivity index (χ0n) is 17.2. The topological polar surface area (TPSA) is 51.2 Å². The zero-order valence-corrected chi connectivity index (χ0v) is 17.2. The standard InChI is InChI=1S/C25H28N2O2/c1-3-29-22-13-12-21(20-11-8-16-26-23(20)22)27-24(28)25(14-5-4-6-15-25)19-10-7-9-18(2)17-19/h7-13,16-17H,3-6,14-15H2,1-2H3,(H,27,28). The molecule has 150 valence electrons. The van der Waals surface area contributed by atoms with Crippen LogP contribution in [0.4, 0.5) is 5.69 Å². The fourth-order valence-electron chi connectivity index (χ4n) is 4.51. The minimum Gasteiger partial charge on any atom is -0.492 e. The molecule has 1 aromatic heterocycles. The van der Waals surface area contributed by atoms with E-state index in [4.69, 9.17) is 4.74 Å². The number of rotatable bonds is 5. The molecule has 0 saturated heterocycles. The molecule has 0 atom stereocenters. The maximum absolute atomic E-state index is 13.7. The van der Waals surface area contributed by atoms with E-state index in [-0.39, 0.29) is 5.91 Å². The number of nitrogens with zero attached hydrogens (tertiary/aromatic N) is 1. The third-order valence-electron chi connectivity index (χ3n) is 5.99. The fourth-order valence-corrected chi connectivity index (χ4v) is 4.51. The first-order chi connectivity index (χ1) is 14.1. The van der Waals surface area contributed by atoms with E-state index in [9.17, 15) is 4.79 Å². The molecule has 1 fully saturated rings. The molecule has 4 nitrogen and oxygen atoms in total. The number of anilines is 1. The molecule has 0 spiro atoms. The van der Waals surface area contributed by atoms with Crippen LogP contribution < -0.4 is 10.1 Å². The molecule has 1 aliphatic carbocycles. The largest absolute Gasteiger partial charge is 0.492 e. The molecule has 1 amide bonds. The van der Waals surface area contributed by atoms with E-state index >= 15 is 0 Å². The molecule has 29 heavy (non-hydrogen) atoms. The highest BCUT2D eigenvalue weighted by Gasteiger charge is 2.41. The van der Waals surface area contributed by atoms with Crippen LogP contribution in [-0.2, 0) is 10.2 Å². The monoisotopic (exact) mass is 388 g/mol. The summed E-state index contributed by atoms with van der Waals surface area (Å²) in [4.78, 5) is 18.2. The second-order valence-electron chi connectivity index (χ2n) is 7.91. The van der Waals surface area contributed by atoms with Crippen LogP contribution in [0.15, 0.2) is 54.7 Å². The van der Waals surface area contributed by atoms with Gasteiger partial charge in [-0.15, -0.1) is 0 Å². The molecule has 0 unspecified atom stereocenters. The van der Waals surface area contributed by atoms with Crippen LogP contribution in [0, 0.1) is 6.92 Å². The third kappa shape index (κ3) is 3.71. The fraction of sp³-hybridized carbons (Fsp3) is 0.360. The number of fused-ring (bicyclic) bond motifs is 1. The molecule has 1 aliphatic rings. The Morgan fingerprint density at radius 1 is 1.10 bits per heavy atom. The Hall–Kier alpha value is -2.88. The van der Waals surface area contributed by atoms with Crippen LogP contribution in [-0.4, -0.2) is 17.5 Å². The summed E-state index contributed by atoms with van der Waals surface area (Å²) in [6.07, 6.45) is 6.87. The average Bonchev–Trinajstić information content (AvgIpc) is 2.76. The molecular weight excluding hydrogens is 360 g/mol. The Morgan fingerprint density at radius 2 is 1.93 bits per heavy atom. The van der Waals surface area contributed by atoms with Gasteiger partial charge in [0.25, 0.3) is 0 Å². The predicted molar refractivity (Wildman–Crippen MR) is 117 cm³/mol. The highest BCUT2D eigenvalue weighted by atomic mass is 16.5. The van der Waals surface area contributed by atoms with Crippen molar-refractivity contribution in [1.82, 2.24) is 4.98 Å². The van der Waals surface area contributed by atoms with Gasteiger partial charge in [0, 0.05) is 11.6 Å². The first-order valence-corrected chi connectivity index (χ1v) is 10.5. The van der Waals surface area contributed by atoms with Crippen molar-refractivity contribution in [3.05, 3.63) is 65.9 Å². The van der Waals surface area contributed by atoms with Gasteiger partial charge < -0.3 is 10.1 Å². The van der Waals surface area contributed by atoms with E-state index in [1.165, 1.54) is 12.0 Å². The maximum atomic E-state index is 13.7. The number of amides is 1. The van der Waals surface area contributed by atoms with Crippen LogP contribution >= 0.6 is 0 Å². The summed E-state index contributed by atoms with van der Waals surface area (Å²) in [6, 6.07) is 16.1. The summed E-state index contributed by atoms with van der Waals surface area (Å²) in [5, 5.41) is 4.15. The van der Waals surface area contributed by atoms with Gasteiger partial charge >= 0.3 is 0 Å². The molecular formula is C25H28N2O2. The number of ether oxygens (including phenoxy) is 1. The number of benzene rings is 2. The summed E-state index contributed by atoms with van der Waals surface area (Å²) in [7, 11) is 0. The lowest BCUT2D eigenvalue weighted by atomic mass is 9.68. The summed E-state index contributed by atoms with van der Waals surface area (Å²) in [5.41, 5.74) is 3.41. The lowest BCUT2D eigenvalue weighted by Gasteiger charge is -2.36. The van der Waals surface area contributed by atoms with Gasteiger partial charge in [0.2, 0.25) is 5.91 Å². The molecule has 4 rings (SSSR count). The van der Waals surface area contributed by atoms with Crippen molar-refractivity contribution in [3.8, 4) is 5.75 Å². The van der Waals surface area contributed by atoms with E-state index in [1.54, 1.807) is 6.20 Å². The summed E-state index contributed by atoms with van der Waals surface area (Å²) in [5.74, 6) is 0.823. The Kier molecular flexibility index (Phi) is 5.52. The van der Waals surface area contributed by atoms with Crippen LogP contribution in [0.2, 0.25) is 0 Å². The van der Waals surface area contributed by atoms with E-state index in [0.717, 1.165) is 53.6 Å². The normalized spacial score (nSPS) is 15.8. The molecule has 1 saturated carbocycles. The molecule has 3 aromatic rings. The van der Waals surface area contributed by atoms with Crippen molar-refractivity contribution in [1.29, 1.82) is 0 Å². The van der Waals surface area contributed by atoms with Gasteiger partial charge in [-0.3, -0.25) is 9.78 Å². The quantitative estimate of drug-likeness (QED) is 0.602. The zero-order chi connectivity index (χ0) is 20.3. The van der Waals surface area contributed by atoms with Crippen molar-refractivity contribution in [2.45, 2.75) is 51.4 Å². The number of carbonyl (C=O) groups excluding carboxylic acids is 1. The summed E-state index contributed by atoms with van der Waals surface area (Å²) >= 11 is 0. The molecule has 4 heteroatoms. The summed E-state index contributed by atoms with van der Waals surface area (Å²) in [6.45, 7) is 4.62. The Labute approximate surface area is 172 Å². The Bertz CT molecular complexity index is 1020. The number of aromatic nitrogens is 1. The van der Waals surface area contributed by atoms with Gasteiger partial charge in [-0.2, -0.15) is 0 Å². The number of hydrogen-bond acceptors (Lipinski definition) is 3. The first-order valence-electron chi connectivity index (χ1n) is 10.5. The first kappa shape index (κ1) is 19.4. The third-order valence-corrected chi connectivity index (χ3v) is 5.99. The van der Waals surface area contributed by atoms with Crippen molar-refractivity contribution in [2.75, 3.05) is 11.9 Å². The van der Waals surface area contributed by atoms with E-state index in [0.29, 0.717) is 6.61 Å². The van der Waals surface area contributed by atoms with Gasteiger partial charge in [-0.05, 0) is 56.5 Å². The van der Waals surface area contributed by atoms with Gasteiger partial charge in [0.15, 0.2) is 0 Å². The van der Waals surface area contributed by atoms with E-state index < -0.39 is 5.41 Å². The molecule has 0 aliphatic heterocycles. The van der Waals surface area contributed by atoms with E-state index in [2.05, 4.69) is 41.5 Å². The minimum atomic E-state index is -0.475. The van der Waals surface area contributed by atoms with Gasteiger partial charge in [0.05, 0.1) is 17.7 Å². The Balaban J connectivity index is 1.73. The van der Waals surface area contributed by atoms with Gasteiger partial charge in [-0.25, -0.2) is 0 Å². The number of nitrogens with one attached hydrogen (secondary N) is 1. The smallest absolute Gasteiger partial charge is 0.235 e. The number of carbonyl (C=O) groups is 1. The maximum Gasteiger partial charge on any atom is 0.235 e.